The molecule has 0 saturated heterocycles. The van der Waals surface area contributed by atoms with Crippen molar-refractivity contribution in [1.82, 2.24) is 30.0 Å². The van der Waals surface area contributed by atoms with E-state index in [2.05, 4.69) is 51.5 Å². The van der Waals surface area contributed by atoms with Gasteiger partial charge in [0, 0.05) is 19.3 Å². The zero-order valence-electron chi connectivity index (χ0n) is 16.7. The Kier molecular flexibility index (Phi) is 6.86. The lowest BCUT2D eigenvalue weighted by Gasteiger charge is -2.11. The third-order valence-corrected chi connectivity index (χ3v) is 4.83. The molecule has 0 aliphatic carbocycles. The highest BCUT2D eigenvalue weighted by atomic mass is 32.2. The standard InChI is InChI=1S/C19H25N7O2S/c1-4-29-19-24-15(22-10-12(2)3)14-11-23-26(16(14)25-19)9-8-21-18(28)13-6-5-7-20-17(13)27/h5-7,11-12H,4,8-10H2,1-3H3,(H,20,27)(H,21,28)(H,22,24,25). The van der Waals surface area contributed by atoms with Crippen LogP contribution < -0.4 is 16.2 Å². The van der Waals surface area contributed by atoms with Crippen molar-refractivity contribution in [1.29, 1.82) is 0 Å². The molecule has 9 nitrogen and oxygen atoms in total. The molecule has 1 amide bonds. The third kappa shape index (κ3) is 5.14. The van der Waals surface area contributed by atoms with Crippen molar-refractivity contribution in [2.75, 3.05) is 24.2 Å². The predicted octanol–water partition coefficient (Wildman–Crippen LogP) is 2.12. The highest BCUT2D eigenvalue weighted by molar-refractivity contribution is 7.99. The first-order valence-electron chi connectivity index (χ1n) is 9.55. The van der Waals surface area contributed by atoms with E-state index in [1.165, 1.54) is 12.3 Å². The van der Waals surface area contributed by atoms with Gasteiger partial charge in [0.1, 0.15) is 11.4 Å². The van der Waals surface area contributed by atoms with Gasteiger partial charge < -0.3 is 15.6 Å². The van der Waals surface area contributed by atoms with Crippen molar-refractivity contribution in [3.05, 3.63) is 40.4 Å². The molecule has 3 aromatic heterocycles. The molecular weight excluding hydrogens is 390 g/mol. The summed E-state index contributed by atoms with van der Waals surface area (Å²) >= 11 is 1.57. The van der Waals surface area contributed by atoms with Crippen LogP contribution in [0.1, 0.15) is 31.1 Å². The van der Waals surface area contributed by atoms with Crippen molar-refractivity contribution >= 4 is 34.5 Å². The molecule has 0 bridgehead atoms. The van der Waals surface area contributed by atoms with Crippen LogP contribution in [0.4, 0.5) is 5.82 Å². The molecular formula is C19H25N7O2S. The Balaban J connectivity index is 1.76. The Hall–Kier alpha value is -2.88. The number of amides is 1. The molecule has 10 heteroatoms. The van der Waals surface area contributed by atoms with Crippen LogP contribution in [0.2, 0.25) is 0 Å². The summed E-state index contributed by atoms with van der Waals surface area (Å²) in [4.78, 5) is 35.6. The van der Waals surface area contributed by atoms with E-state index in [0.29, 0.717) is 29.8 Å². The average Bonchev–Trinajstić information content (AvgIpc) is 3.09. The van der Waals surface area contributed by atoms with Crippen molar-refractivity contribution in [2.45, 2.75) is 32.5 Å². The number of carbonyl (C=O) groups excluding carboxylic acids is 1. The fourth-order valence-electron chi connectivity index (χ4n) is 2.70. The molecule has 0 aliphatic rings. The number of nitrogens with zero attached hydrogens (tertiary/aromatic N) is 4. The van der Waals surface area contributed by atoms with Crippen LogP contribution in [-0.2, 0) is 6.54 Å². The van der Waals surface area contributed by atoms with Gasteiger partial charge in [-0.05, 0) is 23.8 Å². The molecule has 154 valence electrons. The highest BCUT2D eigenvalue weighted by Gasteiger charge is 2.14. The van der Waals surface area contributed by atoms with Gasteiger partial charge in [0.05, 0.1) is 18.1 Å². The maximum atomic E-state index is 12.2. The molecule has 0 atom stereocenters. The summed E-state index contributed by atoms with van der Waals surface area (Å²) in [5.74, 6) is 1.70. The van der Waals surface area contributed by atoms with Crippen molar-refractivity contribution in [3.63, 3.8) is 0 Å². The van der Waals surface area contributed by atoms with Gasteiger partial charge in [0.2, 0.25) is 0 Å². The number of anilines is 1. The van der Waals surface area contributed by atoms with Gasteiger partial charge in [-0.25, -0.2) is 14.6 Å². The number of hydrogen-bond acceptors (Lipinski definition) is 7. The van der Waals surface area contributed by atoms with Crippen LogP contribution in [0.25, 0.3) is 11.0 Å². The Morgan fingerprint density at radius 1 is 1.34 bits per heavy atom. The van der Waals surface area contributed by atoms with Crippen molar-refractivity contribution < 1.29 is 4.79 Å². The lowest BCUT2D eigenvalue weighted by Crippen LogP contribution is -2.31. The molecule has 0 radical (unpaired) electrons. The minimum absolute atomic E-state index is 0.0851. The monoisotopic (exact) mass is 415 g/mol. The van der Waals surface area contributed by atoms with E-state index < -0.39 is 11.5 Å². The Labute approximate surface area is 172 Å². The Morgan fingerprint density at radius 2 is 2.17 bits per heavy atom. The second-order valence-corrected chi connectivity index (χ2v) is 8.07. The van der Waals surface area contributed by atoms with E-state index in [1.54, 1.807) is 28.7 Å². The second kappa shape index (κ2) is 9.55. The first-order valence-corrected chi connectivity index (χ1v) is 10.5. The summed E-state index contributed by atoms with van der Waals surface area (Å²) in [6, 6.07) is 3.11. The minimum atomic E-state index is -0.417. The third-order valence-electron chi connectivity index (χ3n) is 4.10. The van der Waals surface area contributed by atoms with Gasteiger partial charge in [-0.1, -0.05) is 32.5 Å². The Bertz CT molecular complexity index is 1040. The molecule has 0 saturated carbocycles. The predicted molar refractivity (Wildman–Crippen MR) is 114 cm³/mol. The molecule has 29 heavy (non-hydrogen) atoms. The fourth-order valence-corrected chi connectivity index (χ4v) is 3.26. The average molecular weight is 416 g/mol. The lowest BCUT2D eigenvalue weighted by molar-refractivity contribution is 0.0950. The normalized spacial score (nSPS) is 11.2. The van der Waals surface area contributed by atoms with Gasteiger partial charge >= 0.3 is 0 Å². The second-order valence-electron chi connectivity index (χ2n) is 6.84. The summed E-state index contributed by atoms with van der Waals surface area (Å²) in [5.41, 5.74) is 0.389. The molecule has 0 aliphatic heterocycles. The van der Waals surface area contributed by atoms with E-state index in [1.807, 2.05) is 0 Å². The van der Waals surface area contributed by atoms with Gasteiger partial charge in [-0.15, -0.1) is 0 Å². The SMILES string of the molecule is CCSc1nc(NCC(C)C)c2cnn(CCNC(=O)c3ccc[nH]c3=O)c2n1. The minimum Gasteiger partial charge on any atom is -0.369 e. The van der Waals surface area contributed by atoms with Crippen molar-refractivity contribution in [2.24, 2.45) is 5.92 Å². The number of fused-ring (bicyclic) bond motifs is 1. The number of hydrogen-bond donors (Lipinski definition) is 3. The maximum absolute atomic E-state index is 12.2. The Morgan fingerprint density at radius 3 is 2.90 bits per heavy atom. The highest BCUT2D eigenvalue weighted by Crippen LogP contribution is 2.24. The van der Waals surface area contributed by atoms with Crippen LogP contribution >= 0.6 is 11.8 Å². The van der Waals surface area contributed by atoms with Crippen molar-refractivity contribution in [3.8, 4) is 0 Å². The first kappa shape index (κ1) is 20.8. The van der Waals surface area contributed by atoms with Crippen LogP contribution in [0, 0.1) is 5.92 Å². The molecule has 0 spiro atoms. The van der Waals surface area contributed by atoms with E-state index in [0.717, 1.165) is 23.5 Å². The van der Waals surface area contributed by atoms with Gasteiger partial charge in [-0.2, -0.15) is 5.10 Å². The largest absolute Gasteiger partial charge is 0.369 e. The zero-order valence-corrected chi connectivity index (χ0v) is 17.5. The van der Waals surface area contributed by atoms with Crippen LogP contribution in [0.5, 0.6) is 0 Å². The number of rotatable bonds is 9. The number of pyridine rings is 1. The van der Waals surface area contributed by atoms with E-state index in [9.17, 15) is 9.59 Å². The zero-order chi connectivity index (χ0) is 20.8. The summed E-state index contributed by atoms with van der Waals surface area (Å²) in [6.07, 6.45) is 3.23. The number of nitrogens with one attached hydrogen (secondary N) is 3. The number of aromatic nitrogens is 5. The van der Waals surface area contributed by atoms with Crippen LogP contribution in [0.3, 0.4) is 0 Å². The fraction of sp³-hybridized carbons (Fsp3) is 0.421. The van der Waals surface area contributed by atoms with Gasteiger partial charge in [-0.3, -0.25) is 9.59 Å². The molecule has 0 aromatic carbocycles. The van der Waals surface area contributed by atoms with Crippen LogP contribution in [0.15, 0.2) is 34.5 Å². The summed E-state index contributed by atoms with van der Waals surface area (Å²) < 4.78 is 1.74. The summed E-state index contributed by atoms with van der Waals surface area (Å²) in [5, 5.41) is 12.1. The molecule has 0 unspecified atom stereocenters. The summed E-state index contributed by atoms with van der Waals surface area (Å²) in [6.45, 7) is 7.87. The lowest BCUT2D eigenvalue weighted by atomic mass is 10.2. The smallest absolute Gasteiger partial charge is 0.260 e. The quantitative estimate of drug-likeness (QED) is 0.362. The molecule has 3 rings (SSSR count). The first-order chi connectivity index (χ1) is 14.0. The molecule has 3 N–H and O–H groups in total. The summed E-state index contributed by atoms with van der Waals surface area (Å²) in [7, 11) is 0. The van der Waals surface area contributed by atoms with E-state index >= 15 is 0 Å². The topological polar surface area (TPSA) is 118 Å². The number of thioether (sulfide) groups is 1. The maximum Gasteiger partial charge on any atom is 0.260 e. The van der Waals surface area contributed by atoms with Gasteiger partial charge in [0.25, 0.3) is 11.5 Å². The molecule has 0 fully saturated rings. The number of carbonyl (C=O) groups is 1. The van der Waals surface area contributed by atoms with E-state index in [4.69, 9.17) is 0 Å². The van der Waals surface area contributed by atoms with Gasteiger partial charge in [0.15, 0.2) is 10.8 Å². The number of H-pyrrole nitrogens is 1. The molecule has 3 heterocycles. The van der Waals surface area contributed by atoms with Crippen LogP contribution in [-0.4, -0.2) is 49.5 Å². The number of aromatic amines is 1. The molecule has 3 aromatic rings. The van der Waals surface area contributed by atoms with E-state index in [-0.39, 0.29) is 5.56 Å².